The van der Waals surface area contributed by atoms with E-state index in [0.717, 1.165) is 5.92 Å². The Bertz CT molecular complexity index is 302. The summed E-state index contributed by atoms with van der Waals surface area (Å²) in [5.41, 5.74) is 0. The molecule has 2 saturated heterocycles. The second-order valence-electron chi connectivity index (χ2n) is 4.65. The molecule has 2 heterocycles. The highest BCUT2D eigenvalue weighted by Gasteiger charge is 2.50. The molecular formula is C12H18ClNS. The Hall–Kier alpha value is 0.0800. The molecule has 0 aromatic rings. The van der Waals surface area contributed by atoms with Crippen molar-refractivity contribution in [1.29, 1.82) is 0 Å². The van der Waals surface area contributed by atoms with Crippen molar-refractivity contribution in [3.05, 3.63) is 24.3 Å². The van der Waals surface area contributed by atoms with Crippen molar-refractivity contribution in [2.24, 2.45) is 5.92 Å². The van der Waals surface area contributed by atoms with Crippen molar-refractivity contribution in [3.63, 3.8) is 0 Å². The van der Waals surface area contributed by atoms with Crippen LogP contribution in [0.25, 0.3) is 0 Å². The summed E-state index contributed by atoms with van der Waals surface area (Å²) in [5, 5.41) is 0. The fourth-order valence-corrected chi connectivity index (χ4v) is 5.05. The number of nitrogens with zero attached hydrogens (tertiary/aromatic N) is 1. The van der Waals surface area contributed by atoms with Gasteiger partial charge in [-0.1, -0.05) is 24.3 Å². The van der Waals surface area contributed by atoms with Gasteiger partial charge in [0.2, 0.25) is 0 Å². The van der Waals surface area contributed by atoms with Gasteiger partial charge in [-0.05, 0) is 38.1 Å². The zero-order valence-electron chi connectivity index (χ0n) is 9.06. The molecule has 1 nitrogen and oxygen atoms in total. The van der Waals surface area contributed by atoms with E-state index < -0.39 is 0 Å². The number of hydrogen-bond donors (Lipinski definition) is 0. The van der Waals surface area contributed by atoms with Gasteiger partial charge in [-0.3, -0.25) is 4.90 Å². The van der Waals surface area contributed by atoms with Crippen LogP contribution in [-0.4, -0.2) is 35.0 Å². The van der Waals surface area contributed by atoms with Crippen LogP contribution in [0.4, 0.5) is 0 Å². The Balaban J connectivity index is 0.000000853. The SMILES string of the molecule is CN1CCC2CCSC23C=CC=CC13.Cl. The molecular weight excluding hydrogens is 226 g/mol. The van der Waals surface area contributed by atoms with Crippen LogP contribution in [0.5, 0.6) is 0 Å². The standard InChI is InChI=1S/C12H17NS.ClH/c1-13-8-5-10-6-9-14-12(10)7-3-2-4-11(12)13;/h2-4,7,10-11H,5-6,8-9H2,1H3;1H. The Morgan fingerprint density at radius 2 is 2.20 bits per heavy atom. The van der Waals surface area contributed by atoms with Gasteiger partial charge in [0.1, 0.15) is 0 Å². The predicted molar refractivity (Wildman–Crippen MR) is 69.9 cm³/mol. The molecule has 15 heavy (non-hydrogen) atoms. The average Bonchev–Trinajstić information content (AvgIpc) is 2.61. The fraction of sp³-hybridized carbons (Fsp3) is 0.667. The van der Waals surface area contributed by atoms with E-state index in [-0.39, 0.29) is 12.4 Å². The summed E-state index contributed by atoms with van der Waals surface area (Å²) < 4.78 is 0.432. The highest BCUT2D eigenvalue weighted by atomic mass is 35.5. The first kappa shape index (κ1) is 11.6. The molecule has 2 aliphatic heterocycles. The first-order valence-electron chi connectivity index (χ1n) is 5.53. The minimum absolute atomic E-state index is 0. The maximum atomic E-state index is 2.52. The Labute approximate surface area is 102 Å². The van der Waals surface area contributed by atoms with Gasteiger partial charge in [0.15, 0.2) is 0 Å². The predicted octanol–water partition coefficient (Wildman–Crippen LogP) is 2.73. The first-order chi connectivity index (χ1) is 6.83. The van der Waals surface area contributed by atoms with Crippen LogP contribution < -0.4 is 0 Å². The molecule has 0 amide bonds. The average molecular weight is 244 g/mol. The Kier molecular flexibility index (Phi) is 3.20. The monoisotopic (exact) mass is 243 g/mol. The molecule has 0 saturated carbocycles. The first-order valence-corrected chi connectivity index (χ1v) is 6.52. The summed E-state index contributed by atoms with van der Waals surface area (Å²) in [6.45, 7) is 1.27. The van der Waals surface area contributed by atoms with E-state index in [1.807, 2.05) is 0 Å². The van der Waals surface area contributed by atoms with E-state index in [0.29, 0.717) is 10.8 Å². The van der Waals surface area contributed by atoms with Gasteiger partial charge in [-0.25, -0.2) is 0 Å². The zero-order valence-corrected chi connectivity index (χ0v) is 10.7. The third kappa shape index (κ3) is 1.58. The lowest BCUT2D eigenvalue weighted by atomic mass is 9.76. The maximum Gasteiger partial charge on any atom is 0.0561 e. The van der Waals surface area contributed by atoms with Crippen molar-refractivity contribution < 1.29 is 0 Å². The van der Waals surface area contributed by atoms with Crippen LogP contribution >= 0.6 is 24.2 Å². The molecule has 3 rings (SSSR count). The van der Waals surface area contributed by atoms with Crippen molar-refractivity contribution in [2.45, 2.75) is 23.6 Å². The molecule has 0 radical (unpaired) electrons. The lowest BCUT2D eigenvalue weighted by Gasteiger charge is -2.48. The maximum absolute atomic E-state index is 2.52. The number of piperidine rings is 1. The fourth-order valence-electron chi connectivity index (χ4n) is 3.22. The van der Waals surface area contributed by atoms with Crippen LogP contribution in [0.1, 0.15) is 12.8 Å². The summed E-state index contributed by atoms with van der Waals surface area (Å²) in [6, 6.07) is 0.652. The number of likely N-dealkylation sites (N-methyl/N-ethyl adjacent to an activating group) is 1. The molecule has 1 spiro atoms. The molecule has 0 bridgehead atoms. The van der Waals surface area contributed by atoms with Gasteiger partial charge in [0.05, 0.1) is 4.75 Å². The van der Waals surface area contributed by atoms with Crippen LogP contribution in [0, 0.1) is 5.92 Å². The third-order valence-electron chi connectivity index (χ3n) is 3.99. The third-order valence-corrected chi connectivity index (χ3v) is 5.64. The van der Waals surface area contributed by atoms with E-state index in [2.05, 4.69) is 48.0 Å². The lowest BCUT2D eigenvalue weighted by molar-refractivity contribution is 0.150. The second kappa shape index (κ2) is 4.15. The molecule has 2 fully saturated rings. The van der Waals surface area contributed by atoms with Crippen molar-refractivity contribution in [1.82, 2.24) is 4.90 Å². The van der Waals surface area contributed by atoms with Gasteiger partial charge < -0.3 is 0 Å². The quantitative estimate of drug-likeness (QED) is 0.644. The van der Waals surface area contributed by atoms with E-state index in [9.17, 15) is 0 Å². The molecule has 3 atom stereocenters. The van der Waals surface area contributed by atoms with Gasteiger partial charge in [0.25, 0.3) is 0 Å². The molecule has 0 aromatic heterocycles. The topological polar surface area (TPSA) is 3.24 Å². The smallest absolute Gasteiger partial charge is 0.0561 e. The summed E-state index contributed by atoms with van der Waals surface area (Å²) in [4.78, 5) is 2.52. The van der Waals surface area contributed by atoms with Gasteiger partial charge in [-0.2, -0.15) is 0 Å². The molecule has 3 aliphatic rings. The second-order valence-corrected chi connectivity index (χ2v) is 6.05. The normalized spacial score (nSPS) is 43.3. The molecule has 3 heteroatoms. The lowest BCUT2D eigenvalue weighted by Crippen LogP contribution is -2.55. The number of hydrogen-bond acceptors (Lipinski definition) is 2. The van der Waals surface area contributed by atoms with E-state index in [1.165, 1.54) is 25.1 Å². The van der Waals surface area contributed by atoms with E-state index in [4.69, 9.17) is 0 Å². The summed E-state index contributed by atoms with van der Waals surface area (Å²) in [6.07, 6.45) is 12.1. The highest BCUT2D eigenvalue weighted by molar-refractivity contribution is 8.01. The van der Waals surface area contributed by atoms with E-state index in [1.54, 1.807) is 0 Å². The van der Waals surface area contributed by atoms with Gasteiger partial charge in [0, 0.05) is 6.04 Å². The Morgan fingerprint density at radius 1 is 1.33 bits per heavy atom. The van der Waals surface area contributed by atoms with Crippen LogP contribution in [0.3, 0.4) is 0 Å². The number of thioether (sulfide) groups is 1. The minimum Gasteiger partial charge on any atom is -0.298 e. The Morgan fingerprint density at radius 3 is 3.07 bits per heavy atom. The number of allylic oxidation sites excluding steroid dienone is 2. The van der Waals surface area contributed by atoms with Gasteiger partial charge in [-0.15, -0.1) is 24.2 Å². The summed E-state index contributed by atoms with van der Waals surface area (Å²) in [7, 11) is 2.27. The zero-order chi connectivity index (χ0) is 9.60. The summed E-state index contributed by atoms with van der Waals surface area (Å²) >= 11 is 2.18. The van der Waals surface area contributed by atoms with Gasteiger partial charge >= 0.3 is 0 Å². The molecule has 0 N–H and O–H groups in total. The minimum atomic E-state index is 0. The van der Waals surface area contributed by atoms with E-state index >= 15 is 0 Å². The molecule has 0 aromatic carbocycles. The number of halogens is 1. The molecule has 84 valence electrons. The van der Waals surface area contributed by atoms with Crippen LogP contribution in [0.2, 0.25) is 0 Å². The number of likely N-dealkylation sites (tertiary alicyclic amines) is 1. The molecule has 3 unspecified atom stereocenters. The number of rotatable bonds is 0. The van der Waals surface area contributed by atoms with Crippen LogP contribution in [0.15, 0.2) is 24.3 Å². The highest BCUT2D eigenvalue weighted by Crippen LogP contribution is 2.52. The van der Waals surface area contributed by atoms with Crippen LogP contribution in [-0.2, 0) is 0 Å². The molecule has 1 aliphatic carbocycles. The van der Waals surface area contributed by atoms with Crippen molar-refractivity contribution in [2.75, 3.05) is 19.3 Å². The van der Waals surface area contributed by atoms with Crippen molar-refractivity contribution in [3.8, 4) is 0 Å². The largest absolute Gasteiger partial charge is 0.298 e. The summed E-state index contributed by atoms with van der Waals surface area (Å²) in [5.74, 6) is 2.28. The van der Waals surface area contributed by atoms with Crippen molar-refractivity contribution >= 4 is 24.2 Å².